The number of aliphatic carboxylic acids is 2. The highest BCUT2D eigenvalue weighted by Crippen LogP contribution is 1.89. The van der Waals surface area contributed by atoms with Gasteiger partial charge in [0.05, 0.1) is 79.4 Å². The third-order valence-electron chi connectivity index (χ3n) is 2.89. The van der Waals surface area contributed by atoms with E-state index in [9.17, 15) is 24.6 Å². The Morgan fingerprint density at radius 3 is 1.19 bits per heavy atom. The van der Waals surface area contributed by atoms with Crippen molar-refractivity contribution in [2.75, 3.05) is 78.4 Å². The molecule has 0 saturated carbocycles. The highest BCUT2D eigenvalue weighted by atomic mass is 32.1. The van der Waals surface area contributed by atoms with Gasteiger partial charge in [-0.1, -0.05) is 0 Å². The summed E-state index contributed by atoms with van der Waals surface area (Å²) in [6, 6.07) is -1.91. The zero-order chi connectivity index (χ0) is 25.8. The Morgan fingerprint density at radius 2 is 1.16 bits per heavy atom. The number of carbonyl (C=O) groups is 3. The van der Waals surface area contributed by atoms with Crippen LogP contribution in [0, 0.1) is 0 Å². The molecule has 188 valence electrons. The quantitative estimate of drug-likeness (QED) is 0.145. The van der Waals surface area contributed by atoms with Gasteiger partial charge in [0.15, 0.2) is 0 Å². The van der Waals surface area contributed by atoms with Gasteiger partial charge in [0.25, 0.3) is 0 Å². The van der Waals surface area contributed by atoms with E-state index in [-0.39, 0.29) is 11.5 Å². The summed E-state index contributed by atoms with van der Waals surface area (Å²) in [5.74, 6) is -0.847. The predicted molar refractivity (Wildman–Crippen MR) is 137 cm³/mol. The molecule has 0 aliphatic carbocycles. The first-order valence-electron chi connectivity index (χ1n) is 9.37. The maximum absolute atomic E-state index is 10.3. The van der Waals surface area contributed by atoms with Gasteiger partial charge in [-0.3, -0.25) is 4.79 Å². The van der Waals surface area contributed by atoms with E-state index in [4.69, 9.17) is 5.73 Å². The van der Waals surface area contributed by atoms with Crippen LogP contribution in [0.2, 0.25) is 0 Å². The summed E-state index contributed by atoms with van der Waals surface area (Å²) in [4.78, 5) is 30.0. The Morgan fingerprint density at radius 1 is 0.806 bits per heavy atom. The molecule has 0 unspecified atom stereocenters. The van der Waals surface area contributed by atoms with Crippen LogP contribution in [0.5, 0.6) is 0 Å². The second-order valence-electron chi connectivity index (χ2n) is 8.34. The highest BCUT2D eigenvalue weighted by molar-refractivity contribution is 7.80. The molecule has 0 spiro atoms. The van der Waals surface area contributed by atoms with E-state index >= 15 is 0 Å². The van der Waals surface area contributed by atoms with Crippen molar-refractivity contribution in [1.29, 1.82) is 0 Å². The third kappa shape index (κ3) is 40.6. The van der Waals surface area contributed by atoms with Gasteiger partial charge in [-0.05, 0) is 0 Å². The first kappa shape index (κ1) is 38.0. The summed E-state index contributed by atoms with van der Waals surface area (Å²) in [5.41, 5.74) is 4.88. The number of hydrogen-bond donors (Lipinski definition) is 6. The summed E-state index contributed by atoms with van der Waals surface area (Å²) in [5, 5.41) is 21.9. The molecule has 0 aromatic carbocycles. The Bertz CT molecular complexity index is 471. The number of nitrogens with zero attached hydrogens (tertiary/aromatic N) is 2. The van der Waals surface area contributed by atoms with Crippen LogP contribution in [-0.2, 0) is 14.4 Å². The van der Waals surface area contributed by atoms with Gasteiger partial charge in [-0.25, -0.2) is 0 Å². The monoisotopic (exact) mass is 522 g/mol. The van der Waals surface area contributed by atoms with Crippen molar-refractivity contribution in [3.8, 4) is 0 Å². The molecule has 31 heavy (non-hydrogen) atoms. The Balaban J connectivity index is -0.000000159. The first-order valence-corrected chi connectivity index (χ1v) is 11.9. The third-order valence-corrected chi connectivity index (χ3v) is 4.04. The molecule has 0 rings (SSSR count). The minimum atomic E-state index is -1.31. The molecule has 1 amide bonds. The number of carbonyl (C=O) groups excluding carboxylic acids is 3. The Hall–Kier alpha value is -0.310. The minimum absolute atomic E-state index is 0.0436. The lowest BCUT2D eigenvalue weighted by Gasteiger charge is -2.22. The molecule has 0 bridgehead atoms. The van der Waals surface area contributed by atoms with E-state index < -0.39 is 29.9 Å². The van der Waals surface area contributed by atoms with E-state index in [0.717, 1.165) is 33.6 Å². The fourth-order valence-corrected chi connectivity index (χ4v) is 2.69. The van der Waals surface area contributed by atoms with Crippen molar-refractivity contribution >= 4 is 68.4 Å². The molecular weight excluding hydrogens is 480 g/mol. The molecule has 0 saturated heterocycles. The van der Waals surface area contributed by atoms with Crippen molar-refractivity contribution in [2.45, 2.75) is 19.0 Å². The molecule has 0 aliphatic rings. The zero-order valence-electron chi connectivity index (χ0n) is 19.7. The minimum Gasteiger partial charge on any atom is -0.548 e. The lowest BCUT2D eigenvalue weighted by Crippen LogP contribution is -2.48. The van der Waals surface area contributed by atoms with Gasteiger partial charge in [-0.2, -0.15) is 50.5 Å². The molecule has 3 N–H and O–H groups in total. The van der Waals surface area contributed by atoms with Gasteiger partial charge in [0, 0.05) is 29.9 Å². The Labute approximate surface area is 209 Å². The average molecular weight is 523 g/mol. The molecule has 0 fully saturated rings. The van der Waals surface area contributed by atoms with Crippen molar-refractivity contribution in [3.05, 3.63) is 0 Å². The number of carboxylic acid groups (broad SMARTS) is 2. The van der Waals surface area contributed by atoms with Crippen LogP contribution in [0.4, 0.5) is 0 Å². The van der Waals surface area contributed by atoms with Crippen molar-refractivity contribution in [3.63, 3.8) is 0 Å². The number of nitrogens with one attached hydrogen (secondary N) is 1. The normalized spacial score (nSPS) is 12.4. The van der Waals surface area contributed by atoms with E-state index in [0.29, 0.717) is 0 Å². The van der Waals surface area contributed by atoms with Crippen LogP contribution in [0.15, 0.2) is 0 Å². The number of nitrogens with two attached hydrogens (primary N) is 1. The van der Waals surface area contributed by atoms with Crippen LogP contribution in [-0.4, -0.2) is 117 Å². The van der Waals surface area contributed by atoms with Crippen molar-refractivity contribution in [1.82, 2.24) is 5.32 Å². The van der Waals surface area contributed by atoms with Crippen LogP contribution in [0.1, 0.15) is 6.92 Å². The average Bonchev–Trinajstić information content (AvgIpc) is 2.58. The van der Waals surface area contributed by atoms with Crippen molar-refractivity contribution < 1.29 is 33.6 Å². The molecule has 0 aliphatic heterocycles. The maximum Gasteiger partial charge on any atom is 0.217 e. The molecule has 13 heteroatoms. The second-order valence-corrected chi connectivity index (χ2v) is 9.96. The lowest BCUT2D eigenvalue weighted by molar-refractivity contribution is -0.867. The SMILES string of the molecule is CC(=O)N[C@@H](CS)C(=O)[O-].C[N+](C)(C)CCS.C[N+](C)(C)CCS.N[C@@H](CS)C(=O)[O-]. The van der Waals surface area contributed by atoms with Gasteiger partial charge in [0.2, 0.25) is 5.91 Å². The number of carboxylic acids is 2. The van der Waals surface area contributed by atoms with Crippen molar-refractivity contribution in [2.24, 2.45) is 5.73 Å². The first-order chi connectivity index (χ1) is 13.9. The van der Waals surface area contributed by atoms with Gasteiger partial charge in [0.1, 0.15) is 0 Å². The van der Waals surface area contributed by atoms with E-state index in [1.165, 1.54) is 6.92 Å². The van der Waals surface area contributed by atoms with Gasteiger partial charge in [-0.15, -0.1) is 0 Å². The number of amides is 1. The molecule has 0 aromatic heterocycles. The number of hydrogen-bond acceptors (Lipinski definition) is 10. The summed E-state index contributed by atoms with van der Waals surface area (Å²) < 4.78 is 2.03. The highest BCUT2D eigenvalue weighted by Gasteiger charge is 2.07. The lowest BCUT2D eigenvalue weighted by atomic mass is 10.3. The van der Waals surface area contributed by atoms with Gasteiger partial charge >= 0.3 is 0 Å². The molecule has 0 radical (unpaired) electrons. The fraction of sp³-hybridized carbons (Fsp3) is 0.833. The predicted octanol–water partition coefficient (Wildman–Crippen LogP) is -2.59. The topological polar surface area (TPSA) is 135 Å². The van der Waals surface area contributed by atoms with E-state index in [2.05, 4.69) is 98.1 Å². The van der Waals surface area contributed by atoms with E-state index in [1.54, 1.807) is 0 Å². The molecule has 2 atom stereocenters. The molecule has 0 aromatic rings. The largest absolute Gasteiger partial charge is 0.548 e. The second kappa shape index (κ2) is 21.5. The van der Waals surface area contributed by atoms with Gasteiger partial charge < -0.3 is 39.8 Å². The summed E-state index contributed by atoms with van der Waals surface area (Å²) in [6.45, 7) is 3.52. The van der Waals surface area contributed by atoms with Crippen LogP contribution in [0.3, 0.4) is 0 Å². The smallest absolute Gasteiger partial charge is 0.217 e. The standard InChI is InChI=1S/C5H9NO3S.2C5H13NS.C3H7NO2S/c1-3(7)6-4(2-10)5(8)9;2*1-6(2,3)4-5-7;4-2(1-7)3(5)6/h4,10H,2H2,1H3,(H,6,7)(H,8,9);2*4-5H2,1-3H3;2,7H,1,4H2,(H,5,6)/t4-;;;2-/m0..0/s1. The molecular formula is C18H42N4O5S4. The van der Waals surface area contributed by atoms with Crippen LogP contribution >= 0.6 is 50.5 Å². The molecule has 9 nitrogen and oxygen atoms in total. The fourth-order valence-electron chi connectivity index (χ4n) is 1.10. The summed E-state index contributed by atoms with van der Waals surface area (Å²) in [7, 11) is 13.0. The summed E-state index contributed by atoms with van der Waals surface area (Å²) in [6.07, 6.45) is 0. The summed E-state index contributed by atoms with van der Waals surface area (Å²) >= 11 is 15.5. The van der Waals surface area contributed by atoms with E-state index in [1.807, 2.05) is 0 Å². The zero-order valence-corrected chi connectivity index (χ0v) is 23.3. The molecule has 0 heterocycles. The Kier molecular flexibility index (Phi) is 26.4. The number of thiol groups is 4. The number of rotatable bonds is 9. The maximum atomic E-state index is 10.3. The van der Waals surface area contributed by atoms with Crippen LogP contribution < -0.4 is 21.3 Å². The van der Waals surface area contributed by atoms with Crippen LogP contribution in [0.25, 0.3) is 0 Å². The number of quaternary nitrogens is 2.